The number of aromatic nitrogens is 2. The van der Waals surface area contributed by atoms with Crippen molar-refractivity contribution >= 4 is 18.2 Å². The molecule has 1 fully saturated rings. The number of anilines is 1. The van der Waals surface area contributed by atoms with E-state index in [4.69, 9.17) is 5.73 Å². The molecule has 2 rings (SSSR count). The number of hydrogen-bond donors (Lipinski definition) is 1. The zero-order valence-electron chi connectivity index (χ0n) is 9.59. The first-order chi connectivity index (χ1) is 7.33. The molecule has 1 aromatic heterocycles. The van der Waals surface area contributed by atoms with Crippen LogP contribution < -0.4 is 10.6 Å². The molecule has 0 saturated carbocycles. The number of hydrogen-bond acceptors (Lipinski definition) is 4. The zero-order chi connectivity index (χ0) is 10.7. The van der Waals surface area contributed by atoms with Gasteiger partial charge in [0.1, 0.15) is 5.82 Å². The van der Waals surface area contributed by atoms with Gasteiger partial charge in [0.15, 0.2) is 0 Å². The number of nitrogens with zero attached hydrogens (tertiary/aromatic N) is 3. The minimum Gasteiger partial charge on any atom is -0.351 e. The Labute approximate surface area is 103 Å². The Morgan fingerprint density at radius 2 is 2.12 bits per heavy atom. The summed E-state index contributed by atoms with van der Waals surface area (Å²) in [6.07, 6.45) is 7.17. The van der Waals surface area contributed by atoms with Gasteiger partial charge < -0.3 is 10.6 Å². The topological polar surface area (TPSA) is 55.0 Å². The van der Waals surface area contributed by atoms with Crippen LogP contribution in [0.5, 0.6) is 0 Å². The normalized spacial score (nSPS) is 20.4. The summed E-state index contributed by atoms with van der Waals surface area (Å²) in [5.74, 6) is 1.01. The fraction of sp³-hybridized carbons (Fsp3) is 0.636. The lowest BCUT2D eigenvalue weighted by Crippen LogP contribution is -2.45. The third-order valence-electron chi connectivity index (χ3n) is 3.03. The van der Waals surface area contributed by atoms with Crippen molar-refractivity contribution in [1.82, 2.24) is 9.97 Å². The second kappa shape index (κ2) is 6.01. The molecule has 2 N–H and O–H groups in total. The fourth-order valence-corrected chi connectivity index (χ4v) is 2.21. The predicted molar refractivity (Wildman–Crippen MR) is 68.1 cm³/mol. The average molecular weight is 243 g/mol. The molecule has 1 aliphatic rings. The van der Waals surface area contributed by atoms with E-state index in [-0.39, 0.29) is 12.4 Å². The van der Waals surface area contributed by atoms with Crippen LogP contribution in [-0.2, 0) is 0 Å². The molecule has 16 heavy (non-hydrogen) atoms. The minimum atomic E-state index is 0. The molecule has 4 nitrogen and oxygen atoms in total. The van der Waals surface area contributed by atoms with Crippen molar-refractivity contribution in [2.75, 3.05) is 18.0 Å². The quantitative estimate of drug-likeness (QED) is 0.855. The molecule has 0 spiro atoms. The van der Waals surface area contributed by atoms with E-state index in [0.717, 1.165) is 18.1 Å². The van der Waals surface area contributed by atoms with Gasteiger partial charge in [0, 0.05) is 31.5 Å². The van der Waals surface area contributed by atoms with Crippen LogP contribution in [-0.4, -0.2) is 29.1 Å². The van der Waals surface area contributed by atoms with Crippen molar-refractivity contribution in [1.29, 1.82) is 0 Å². The molecule has 1 unspecified atom stereocenters. The molecule has 1 aromatic rings. The van der Waals surface area contributed by atoms with Gasteiger partial charge in [-0.05, 0) is 26.2 Å². The Kier molecular flexibility index (Phi) is 4.96. The summed E-state index contributed by atoms with van der Waals surface area (Å²) in [6.45, 7) is 3.77. The Morgan fingerprint density at radius 1 is 1.38 bits per heavy atom. The van der Waals surface area contributed by atoms with Gasteiger partial charge in [0.25, 0.3) is 0 Å². The number of nitrogens with two attached hydrogens (primary N) is 1. The van der Waals surface area contributed by atoms with Crippen LogP contribution in [0.3, 0.4) is 0 Å². The Morgan fingerprint density at radius 3 is 2.81 bits per heavy atom. The number of rotatable bonds is 2. The van der Waals surface area contributed by atoms with Gasteiger partial charge in [-0.1, -0.05) is 0 Å². The van der Waals surface area contributed by atoms with E-state index < -0.39 is 0 Å². The third kappa shape index (κ3) is 2.62. The van der Waals surface area contributed by atoms with Crippen LogP contribution in [0.2, 0.25) is 0 Å². The second-order valence-electron chi connectivity index (χ2n) is 4.04. The molecule has 1 atom stereocenters. The van der Waals surface area contributed by atoms with E-state index in [1.54, 1.807) is 12.4 Å². The lowest BCUT2D eigenvalue weighted by atomic mass is 10.0. The van der Waals surface area contributed by atoms with Gasteiger partial charge in [0.2, 0.25) is 0 Å². The van der Waals surface area contributed by atoms with Crippen molar-refractivity contribution in [3.63, 3.8) is 0 Å². The smallest absolute Gasteiger partial charge is 0.150 e. The lowest BCUT2D eigenvalue weighted by Gasteiger charge is -2.36. The summed E-state index contributed by atoms with van der Waals surface area (Å²) in [7, 11) is 0. The van der Waals surface area contributed by atoms with Gasteiger partial charge in [-0.15, -0.1) is 12.4 Å². The van der Waals surface area contributed by atoms with E-state index in [1.807, 2.05) is 6.92 Å². The van der Waals surface area contributed by atoms with Gasteiger partial charge >= 0.3 is 0 Å². The minimum absolute atomic E-state index is 0. The van der Waals surface area contributed by atoms with Crippen molar-refractivity contribution in [3.8, 4) is 0 Å². The van der Waals surface area contributed by atoms with E-state index in [9.17, 15) is 0 Å². The van der Waals surface area contributed by atoms with Crippen LogP contribution in [0.15, 0.2) is 12.4 Å². The van der Waals surface area contributed by atoms with Gasteiger partial charge in [-0.25, -0.2) is 4.98 Å². The number of halogens is 1. The lowest BCUT2D eigenvalue weighted by molar-refractivity contribution is 0.461. The van der Waals surface area contributed by atoms with Crippen LogP contribution in [0.4, 0.5) is 5.82 Å². The summed E-state index contributed by atoms with van der Waals surface area (Å²) in [4.78, 5) is 11.0. The van der Waals surface area contributed by atoms with E-state index >= 15 is 0 Å². The summed E-state index contributed by atoms with van der Waals surface area (Å²) in [5.41, 5.74) is 6.79. The zero-order valence-corrected chi connectivity index (χ0v) is 10.4. The maximum absolute atomic E-state index is 5.79. The Hall–Kier alpha value is -0.870. The van der Waals surface area contributed by atoms with Crippen LogP contribution >= 0.6 is 12.4 Å². The number of piperidine rings is 1. The first-order valence-electron chi connectivity index (χ1n) is 5.57. The highest BCUT2D eigenvalue weighted by Crippen LogP contribution is 2.23. The molecule has 0 amide bonds. The first-order valence-corrected chi connectivity index (χ1v) is 5.57. The molecule has 0 aliphatic carbocycles. The molecule has 0 bridgehead atoms. The molecule has 0 radical (unpaired) electrons. The highest BCUT2D eigenvalue weighted by atomic mass is 35.5. The Balaban J connectivity index is 0.00000128. The second-order valence-corrected chi connectivity index (χ2v) is 4.04. The summed E-state index contributed by atoms with van der Waals surface area (Å²) >= 11 is 0. The largest absolute Gasteiger partial charge is 0.351 e. The Bertz CT molecular complexity index is 332. The van der Waals surface area contributed by atoms with E-state index in [2.05, 4.69) is 14.9 Å². The fourth-order valence-electron chi connectivity index (χ4n) is 2.21. The van der Waals surface area contributed by atoms with Crippen molar-refractivity contribution in [2.45, 2.75) is 32.2 Å². The van der Waals surface area contributed by atoms with Gasteiger partial charge in [-0.2, -0.15) is 0 Å². The SMILES string of the molecule is Cc1nccnc1N1CCCCC1CN.Cl. The van der Waals surface area contributed by atoms with Crippen LogP contribution in [0.1, 0.15) is 25.0 Å². The monoisotopic (exact) mass is 242 g/mol. The van der Waals surface area contributed by atoms with Gasteiger partial charge in [-0.3, -0.25) is 4.98 Å². The molecular formula is C11H19ClN4. The summed E-state index contributed by atoms with van der Waals surface area (Å²) in [6, 6.07) is 0.439. The van der Waals surface area contributed by atoms with E-state index in [1.165, 1.54) is 19.3 Å². The van der Waals surface area contributed by atoms with Crippen LogP contribution in [0.25, 0.3) is 0 Å². The molecule has 1 saturated heterocycles. The maximum Gasteiger partial charge on any atom is 0.150 e. The predicted octanol–water partition coefficient (Wildman–Crippen LogP) is 1.52. The molecule has 1 aliphatic heterocycles. The maximum atomic E-state index is 5.79. The van der Waals surface area contributed by atoms with Gasteiger partial charge in [0.05, 0.1) is 5.69 Å². The molecule has 0 aromatic carbocycles. The summed E-state index contributed by atoms with van der Waals surface area (Å²) < 4.78 is 0. The highest BCUT2D eigenvalue weighted by molar-refractivity contribution is 5.85. The van der Waals surface area contributed by atoms with E-state index in [0.29, 0.717) is 12.6 Å². The third-order valence-corrected chi connectivity index (χ3v) is 3.03. The van der Waals surface area contributed by atoms with Crippen molar-refractivity contribution in [3.05, 3.63) is 18.1 Å². The average Bonchev–Trinajstić information content (AvgIpc) is 2.30. The first kappa shape index (κ1) is 13.2. The molecule has 2 heterocycles. The highest BCUT2D eigenvalue weighted by Gasteiger charge is 2.23. The van der Waals surface area contributed by atoms with Crippen molar-refractivity contribution in [2.24, 2.45) is 5.73 Å². The van der Waals surface area contributed by atoms with Crippen LogP contribution in [0, 0.1) is 6.92 Å². The standard InChI is InChI=1S/C11H18N4.ClH/c1-9-11(14-6-5-13-9)15-7-3-2-4-10(15)8-12;/h5-6,10H,2-4,7-8,12H2,1H3;1H. The molecule has 90 valence electrons. The summed E-state index contributed by atoms with van der Waals surface area (Å²) in [5, 5.41) is 0. The molecular weight excluding hydrogens is 224 g/mol. The molecule has 5 heteroatoms. The number of aryl methyl sites for hydroxylation is 1. The van der Waals surface area contributed by atoms with Crippen molar-refractivity contribution < 1.29 is 0 Å².